The van der Waals surface area contributed by atoms with Gasteiger partial charge < -0.3 is 44.7 Å². The van der Waals surface area contributed by atoms with Crippen LogP contribution in [0.1, 0.15) is 342 Å². The molecule has 0 aromatic rings. The molecule has 0 saturated heterocycles. The molecule has 0 aromatic carbocycles. The van der Waals surface area contributed by atoms with Crippen molar-refractivity contribution in [1.29, 1.82) is 0 Å². The van der Waals surface area contributed by atoms with Crippen LogP contribution >= 0.6 is 15.6 Å². The van der Waals surface area contributed by atoms with Crippen molar-refractivity contribution in [2.24, 2.45) is 5.73 Å². The van der Waals surface area contributed by atoms with E-state index in [2.05, 4.69) is 107 Å². The lowest BCUT2D eigenvalue weighted by molar-refractivity contribution is -0.161. The maximum Gasteiger partial charge on any atom is 0.472 e. The number of hydrogen-bond donors (Lipinski definition) is 5. The molecular weight excluding hydrogens is 1350 g/mol. The highest BCUT2D eigenvalue weighted by molar-refractivity contribution is 7.47. The quantitative estimate of drug-likeness (QED) is 0.0124. The molecule has 21 heteroatoms. The van der Waals surface area contributed by atoms with Crippen LogP contribution in [0.4, 0.5) is 0 Å². The summed E-state index contributed by atoms with van der Waals surface area (Å²) in [6.07, 6.45) is 70.5. The molecule has 598 valence electrons. The number of rotatable bonds is 76. The predicted molar refractivity (Wildman–Crippen MR) is 418 cm³/mol. The molecule has 19 nitrogen and oxygen atoms in total. The van der Waals surface area contributed by atoms with Crippen molar-refractivity contribution >= 4 is 39.5 Å². The number of ether oxygens (including phenoxy) is 4. The summed E-state index contributed by atoms with van der Waals surface area (Å²) in [7, 11) is -10.00. The summed E-state index contributed by atoms with van der Waals surface area (Å²) in [6, 6.07) is -0.226. The van der Waals surface area contributed by atoms with Crippen molar-refractivity contribution in [1.82, 2.24) is 0 Å². The van der Waals surface area contributed by atoms with Crippen LogP contribution in [-0.2, 0) is 65.4 Å². The fourth-order valence-electron chi connectivity index (χ4n) is 10.9. The molecule has 0 aromatic heterocycles. The number of carbonyl (C=O) groups is 4. The number of phosphoric acid groups is 2. The highest BCUT2D eigenvalue weighted by Crippen LogP contribution is 2.45. The summed E-state index contributed by atoms with van der Waals surface area (Å²) in [5.74, 6) is -2.28. The van der Waals surface area contributed by atoms with E-state index < -0.39 is 104 Å². The Morgan fingerprint density at radius 1 is 0.330 bits per heavy atom. The zero-order valence-electron chi connectivity index (χ0n) is 64.8. The fraction of sp³-hybridized carbons (Fsp3) is 0.780. The van der Waals surface area contributed by atoms with Crippen LogP contribution in [0.25, 0.3) is 0 Å². The Morgan fingerprint density at radius 3 is 0.922 bits per heavy atom. The Balaban J connectivity index is 5.44. The Labute approximate surface area is 625 Å². The second kappa shape index (κ2) is 73.7. The second-order valence-electron chi connectivity index (χ2n) is 27.4. The third-order valence-corrected chi connectivity index (χ3v) is 19.2. The minimum atomic E-state index is -5.00. The zero-order chi connectivity index (χ0) is 75.6. The average molecular weight is 1500 g/mol. The van der Waals surface area contributed by atoms with E-state index in [0.29, 0.717) is 32.1 Å². The number of hydrogen-bond acceptors (Lipinski definition) is 17. The van der Waals surface area contributed by atoms with Gasteiger partial charge in [0.2, 0.25) is 0 Å². The van der Waals surface area contributed by atoms with E-state index >= 15 is 0 Å². The third-order valence-electron chi connectivity index (χ3n) is 17.3. The standard InChI is InChI=1S/C82H147NO18P2/c1-5-9-13-17-20-23-26-29-32-35-38-41-47-52-58-64-79(86)94-70-75(100-81(88)66-60-54-49-43-40-37-34-31-28-25-22-19-15-11-7-3)72-98-102(90,91)96-68-74(84)69-97-103(92,93)99-73-76(71-95-80(87)65-59-53-48-42-39-36-33-30-27-24-21-18-14-10-6-2)101-82(89)67-61-55-50-45-44-46-51-57-63-78(85)77(83)62-56-16-12-8-4/h20-25,29-34,51,57,74-78,84-85H,5-19,26-28,35-50,52-56,58-73,83H2,1-4H3,(H,90,91)(H,92,93)/b23-20+,24-21+,25-22+,32-29+,33-30+,34-31+,57-51+. The fourth-order valence-corrected chi connectivity index (χ4v) is 12.5. The van der Waals surface area contributed by atoms with Gasteiger partial charge in [0.05, 0.1) is 32.5 Å². The molecule has 0 aliphatic rings. The van der Waals surface area contributed by atoms with Gasteiger partial charge in [0.15, 0.2) is 12.2 Å². The van der Waals surface area contributed by atoms with Crippen LogP contribution < -0.4 is 5.73 Å². The van der Waals surface area contributed by atoms with Crippen molar-refractivity contribution in [3.05, 3.63) is 85.1 Å². The lowest BCUT2D eigenvalue weighted by Crippen LogP contribution is -2.34. The number of carbonyl (C=O) groups excluding carboxylic acids is 4. The molecule has 0 rings (SSSR count). The summed E-state index contributed by atoms with van der Waals surface area (Å²) in [6.45, 7) is 4.61. The van der Waals surface area contributed by atoms with E-state index in [9.17, 15) is 48.3 Å². The molecule has 6 N–H and O–H groups in total. The first-order valence-electron chi connectivity index (χ1n) is 40.6. The molecule has 7 unspecified atom stereocenters. The Hall–Kier alpha value is -3.84. The first-order chi connectivity index (χ1) is 50.0. The Morgan fingerprint density at radius 2 is 0.592 bits per heavy atom. The summed E-state index contributed by atoms with van der Waals surface area (Å²) in [5.41, 5.74) is 6.17. The summed E-state index contributed by atoms with van der Waals surface area (Å²) < 4.78 is 68.6. The van der Waals surface area contributed by atoms with E-state index in [-0.39, 0.29) is 31.7 Å². The van der Waals surface area contributed by atoms with E-state index in [0.717, 1.165) is 193 Å². The monoisotopic (exact) mass is 1500 g/mol. The first-order valence-corrected chi connectivity index (χ1v) is 43.6. The molecule has 7 atom stereocenters. The second-order valence-corrected chi connectivity index (χ2v) is 30.3. The molecular formula is C82H147NO18P2. The Kier molecular flexibility index (Phi) is 70.9. The average Bonchev–Trinajstić information content (AvgIpc) is 0.986. The van der Waals surface area contributed by atoms with E-state index in [1.54, 1.807) is 0 Å². The topological polar surface area (TPSA) is 283 Å². The summed E-state index contributed by atoms with van der Waals surface area (Å²) >= 11 is 0. The Bertz CT molecular complexity index is 2320. The molecule has 0 saturated carbocycles. The molecule has 0 aliphatic heterocycles. The van der Waals surface area contributed by atoms with Gasteiger partial charge >= 0.3 is 39.5 Å². The highest BCUT2D eigenvalue weighted by atomic mass is 31.2. The minimum Gasteiger partial charge on any atom is -0.462 e. The van der Waals surface area contributed by atoms with Gasteiger partial charge in [-0.05, 0) is 148 Å². The number of nitrogens with two attached hydrogens (primary N) is 1. The SMILES string of the molecule is CCCCC/C=C/C/C=C/CCCCCCCC(=O)OCC(COP(=O)(O)OCC(O)COP(=O)(O)OCC(COC(=O)CCCCCCC/C=C/C/C=C/CCCCC)OC(=O)CCCCCCC/C=C/CC(O)C(N)CCCCCC)OC(=O)CCCCCCC/C=C/C/C=C/CCCCC. The molecule has 0 bridgehead atoms. The van der Waals surface area contributed by atoms with Gasteiger partial charge in [-0.15, -0.1) is 0 Å². The van der Waals surface area contributed by atoms with Gasteiger partial charge in [0, 0.05) is 31.7 Å². The smallest absolute Gasteiger partial charge is 0.462 e. The van der Waals surface area contributed by atoms with E-state index in [1.165, 1.54) is 64.2 Å². The number of unbranched alkanes of at least 4 members (excludes halogenated alkanes) is 32. The van der Waals surface area contributed by atoms with E-state index in [4.69, 9.17) is 42.8 Å². The van der Waals surface area contributed by atoms with Gasteiger partial charge in [0.1, 0.15) is 19.3 Å². The number of aliphatic hydroxyl groups is 2. The van der Waals surface area contributed by atoms with Crippen LogP contribution in [0.2, 0.25) is 0 Å². The normalized spacial score (nSPS) is 14.9. The third kappa shape index (κ3) is 72.2. The first kappa shape index (κ1) is 99.2. The molecule has 103 heavy (non-hydrogen) atoms. The van der Waals surface area contributed by atoms with Crippen LogP contribution in [0.3, 0.4) is 0 Å². The number of esters is 4. The molecule has 0 amide bonds. The maximum atomic E-state index is 13.1. The van der Waals surface area contributed by atoms with Gasteiger partial charge in [-0.1, -0.05) is 254 Å². The largest absolute Gasteiger partial charge is 0.472 e. The van der Waals surface area contributed by atoms with Gasteiger partial charge in [0.25, 0.3) is 0 Å². The predicted octanol–water partition coefficient (Wildman–Crippen LogP) is 21.3. The number of aliphatic hydroxyl groups excluding tert-OH is 2. The number of allylic oxidation sites excluding steroid dienone is 13. The molecule has 0 radical (unpaired) electrons. The van der Waals surface area contributed by atoms with Crippen molar-refractivity contribution in [2.45, 2.75) is 373 Å². The van der Waals surface area contributed by atoms with Crippen molar-refractivity contribution in [3.8, 4) is 0 Å². The maximum absolute atomic E-state index is 13.1. The minimum absolute atomic E-state index is 0.0399. The lowest BCUT2D eigenvalue weighted by Gasteiger charge is -2.21. The van der Waals surface area contributed by atoms with Crippen molar-refractivity contribution in [3.63, 3.8) is 0 Å². The molecule has 0 aliphatic carbocycles. The number of phosphoric ester groups is 2. The molecule has 0 fully saturated rings. The van der Waals surface area contributed by atoms with Crippen LogP contribution in [0, 0.1) is 0 Å². The van der Waals surface area contributed by atoms with Crippen molar-refractivity contribution < 1.29 is 85.4 Å². The molecule has 0 heterocycles. The van der Waals surface area contributed by atoms with Crippen LogP contribution in [-0.4, -0.2) is 114 Å². The lowest BCUT2D eigenvalue weighted by atomic mass is 10.0. The molecule has 0 spiro atoms. The van der Waals surface area contributed by atoms with Gasteiger partial charge in [-0.2, -0.15) is 0 Å². The zero-order valence-corrected chi connectivity index (χ0v) is 66.6. The van der Waals surface area contributed by atoms with Crippen LogP contribution in [0.5, 0.6) is 0 Å². The van der Waals surface area contributed by atoms with E-state index in [1.807, 2.05) is 6.08 Å². The van der Waals surface area contributed by atoms with Gasteiger partial charge in [-0.3, -0.25) is 37.3 Å². The van der Waals surface area contributed by atoms with Crippen LogP contribution in [0.15, 0.2) is 85.1 Å². The van der Waals surface area contributed by atoms with Crippen molar-refractivity contribution in [2.75, 3.05) is 39.6 Å². The summed E-state index contributed by atoms with van der Waals surface area (Å²) in [4.78, 5) is 73.1. The summed E-state index contributed by atoms with van der Waals surface area (Å²) in [5, 5.41) is 21.1. The van der Waals surface area contributed by atoms with Gasteiger partial charge in [-0.25, -0.2) is 9.13 Å². The highest BCUT2D eigenvalue weighted by Gasteiger charge is 2.30.